The maximum absolute atomic E-state index is 10.4. The summed E-state index contributed by atoms with van der Waals surface area (Å²) in [5, 5.41) is 3.12. The number of carbonyl (C=O) groups excluding carboxylic acids is 1. The second-order valence-electron chi connectivity index (χ2n) is 2.67. The molecule has 0 aromatic carbocycles. The molecule has 1 N–H and O–H groups in total. The number of nitrogens with zero attached hydrogens (tertiary/aromatic N) is 2. The van der Waals surface area contributed by atoms with Crippen molar-refractivity contribution < 1.29 is 4.79 Å². The fourth-order valence-corrected chi connectivity index (χ4v) is 1.24. The fourth-order valence-electron chi connectivity index (χ4n) is 1.24. The zero-order valence-corrected chi connectivity index (χ0v) is 6.53. The highest BCUT2D eigenvalue weighted by Crippen LogP contribution is 2.12. The van der Waals surface area contributed by atoms with Crippen molar-refractivity contribution >= 4 is 12.6 Å². The predicted octanol–water partition coefficient (Wildman–Crippen LogP) is -0.142. The summed E-state index contributed by atoms with van der Waals surface area (Å²) in [5.41, 5.74) is 2.14. The van der Waals surface area contributed by atoms with Crippen LogP contribution in [0.4, 0.5) is 0 Å². The minimum Gasteiger partial charge on any atom is -0.368 e. The third-order valence-corrected chi connectivity index (χ3v) is 1.88. The molecule has 4 nitrogen and oxygen atoms in total. The quantitative estimate of drug-likeness (QED) is 0.547. The SMILES string of the molecule is O=CN1C=CC2=C(C1)NCN=C2. The van der Waals surface area contributed by atoms with Crippen molar-refractivity contribution in [3.05, 3.63) is 23.5 Å². The van der Waals surface area contributed by atoms with E-state index in [1.807, 2.05) is 12.3 Å². The van der Waals surface area contributed by atoms with Crippen LogP contribution in [0.1, 0.15) is 0 Å². The van der Waals surface area contributed by atoms with Crippen LogP contribution >= 0.6 is 0 Å². The van der Waals surface area contributed by atoms with Gasteiger partial charge in [-0.25, -0.2) is 0 Å². The molecule has 0 spiro atoms. The first-order valence-electron chi connectivity index (χ1n) is 3.76. The Morgan fingerprint density at radius 3 is 3.42 bits per heavy atom. The van der Waals surface area contributed by atoms with E-state index in [-0.39, 0.29) is 0 Å². The van der Waals surface area contributed by atoms with E-state index < -0.39 is 0 Å². The van der Waals surface area contributed by atoms with E-state index in [0.29, 0.717) is 13.2 Å². The van der Waals surface area contributed by atoms with Gasteiger partial charge in [0.2, 0.25) is 6.41 Å². The normalized spacial score (nSPS) is 20.5. The van der Waals surface area contributed by atoms with E-state index in [4.69, 9.17) is 0 Å². The van der Waals surface area contributed by atoms with Crippen LogP contribution < -0.4 is 5.32 Å². The Kier molecular flexibility index (Phi) is 1.66. The lowest BCUT2D eigenvalue weighted by Gasteiger charge is -2.23. The second-order valence-corrected chi connectivity index (χ2v) is 2.67. The van der Waals surface area contributed by atoms with Crippen LogP contribution in [0.3, 0.4) is 0 Å². The molecule has 62 valence electrons. The van der Waals surface area contributed by atoms with Crippen molar-refractivity contribution in [3.63, 3.8) is 0 Å². The van der Waals surface area contributed by atoms with Crippen molar-refractivity contribution in [2.24, 2.45) is 4.99 Å². The Hall–Kier alpha value is -1.58. The largest absolute Gasteiger partial charge is 0.368 e. The van der Waals surface area contributed by atoms with Gasteiger partial charge in [-0.1, -0.05) is 0 Å². The van der Waals surface area contributed by atoms with Crippen LogP contribution in [0, 0.1) is 0 Å². The zero-order chi connectivity index (χ0) is 8.39. The first-order chi connectivity index (χ1) is 5.90. The Labute approximate surface area is 70.3 Å². The van der Waals surface area contributed by atoms with Gasteiger partial charge in [-0.05, 0) is 6.08 Å². The van der Waals surface area contributed by atoms with Gasteiger partial charge in [-0.3, -0.25) is 9.79 Å². The van der Waals surface area contributed by atoms with Crippen LogP contribution in [0.25, 0.3) is 0 Å². The molecule has 2 rings (SSSR count). The summed E-state index contributed by atoms with van der Waals surface area (Å²) < 4.78 is 0. The Morgan fingerprint density at radius 1 is 1.67 bits per heavy atom. The van der Waals surface area contributed by atoms with Crippen molar-refractivity contribution in [2.45, 2.75) is 0 Å². The lowest BCUT2D eigenvalue weighted by atomic mass is 10.1. The number of hydrogen-bond acceptors (Lipinski definition) is 3. The van der Waals surface area contributed by atoms with Gasteiger partial charge in [0.25, 0.3) is 0 Å². The van der Waals surface area contributed by atoms with Crippen molar-refractivity contribution in [2.75, 3.05) is 13.2 Å². The van der Waals surface area contributed by atoms with Crippen LogP contribution in [0.5, 0.6) is 0 Å². The van der Waals surface area contributed by atoms with Crippen LogP contribution in [-0.2, 0) is 4.79 Å². The summed E-state index contributed by atoms with van der Waals surface area (Å²) in [7, 11) is 0. The minimum atomic E-state index is 0.610. The molecule has 0 atom stereocenters. The highest BCUT2D eigenvalue weighted by Gasteiger charge is 2.13. The first-order valence-corrected chi connectivity index (χ1v) is 3.76. The zero-order valence-electron chi connectivity index (χ0n) is 6.53. The average Bonchev–Trinajstić information content (AvgIpc) is 2.17. The van der Waals surface area contributed by atoms with Crippen LogP contribution in [-0.4, -0.2) is 30.7 Å². The van der Waals surface area contributed by atoms with E-state index in [0.717, 1.165) is 17.7 Å². The standard InChI is InChI=1S/C8H9N3O/c12-6-11-2-1-7-3-9-5-10-8(7)4-11/h1-3,6,10H,4-5H2. The molecule has 0 saturated carbocycles. The van der Waals surface area contributed by atoms with Gasteiger partial charge in [0.05, 0.1) is 6.54 Å². The maximum Gasteiger partial charge on any atom is 0.214 e. The van der Waals surface area contributed by atoms with Gasteiger partial charge in [-0.15, -0.1) is 0 Å². The Morgan fingerprint density at radius 2 is 2.58 bits per heavy atom. The lowest BCUT2D eigenvalue weighted by Crippen LogP contribution is -2.31. The third kappa shape index (κ3) is 1.11. The summed E-state index contributed by atoms with van der Waals surface area (Å²) in [5.74, 6) is 0. The van der Waals surface area contributed by atoms with Gasteiger partial charge in [-0.2, -0.15) is 0 Å². The minimum absolute atomic E-state index is 0.610. The van der Waals surface area contributed by atoms with Gasteiger partial charge >= 0.3 is 0 Å². The molecular weight excluding hydrogens is 154 g/mol. The van der Waals surface area contributed by atoms with Gasteiger partial charge in [0.1, 0.15) is 6.67 Å². The van der Waals surface area contributed by atoms with E-state index in [2.05, 4.69) is 10.3 Å². The summed E-state index contributed by atoms with van der Waals surface area (Å²) in [6, 6.07) is 0. The van der Waals surface area contributed by atoms with E-state index in [1.165, 1.54) is 0 Å². The van der Waals surface area contributed by atoms with Crippen LogP contribution in [0.2, 0.25) is 0 Å². The highest BCUT2D eigenvalue weighted by atomic mass is 16.1. The number of allylic oxidation sites excluding steroid dienone is 2. The number of carbonyl (C=O) groups is 1. The maximum atomic E-state index is 10.4. The summed E-state index contributed by atoms with van der Waals surface area (Å²) in [4.78, 5) is 16.1. The molecule has 12 heavy (non-hydrogen) atoms. The molecule has 0 bridgehead atoms. The molecule has 1 amide bonds. The van der Waals surface area contributed by atoms with E-state index in [1.54, 1.807) is 11.1 Å². The molecule has 0 aliphatic carbocycles. The molecule has 0 aromatic heterocycles. The van der Waals surface area contributed by atoms with Crippen molar-refractivity contribution in [1.82, 2.24) is 10.2 Å². The van der Waals surface area contributed by atoms with E-state index >= 15 is 0 Å². The predicted molar refractivity (Wildman–Crippen MR) is 45.4 cm³/mol. The first kappa shape index (κ1) is 7.09. The van der Waals surface area contributed by atoms with Crippen molar-refractivity contribution in [1.29, 1.82) is 0 Å². The van der Waals surface area contributed by atoms with Crippen LogP contribution in [0.15, 0.2) is 28.5 Å². The lowest BCUT2D eigenvalue weighted by molar-refractivity contribution is -0.115. The smallest absolute Gasteiger partial charge is 0.214 e. The van der Waals surface area contributed by atoms with Gasteiger partial charge in [0, 0.05) is 23.7 Å². The summed E-state index contributed by atoms with van der Waals surface area (Å²) in [6.07, 6.45) is 6.27. The molecule has 0 aromatic rings. The number of hydrogen-bond donors (Lipinski definition) is 1. The fraction of sp³-hybridized carbons (Fsp3) is 0.250. The molecule has 2 aliphatic heterocycles. The number of amides is 1. The molecule has 2 heterocycles. The second kappa shape index (κ2) is 2.81. The summed E-state index contributed by atoms with van der Waals surface area (Å²) in [6.45, 7) is 1.24. The number of rotatable bonds is 1. The summed E-state index contributed by atoms with van der Waals surface area (Å²) >= 11 is 0. The molecule has 0 unspecified atom stereocenters. The highest BCUT2D eigenvalue weighted by molar-refractivity contribution is 5.85. The molecule has 0 fully saturated rings. The van der Waals surface area contributed by atoms with E-state index in [9.17, 15) is 4.79 Å². The average molecular weight is 163 g/mol. The molecule has 0 radical (unpaired) electrons. The topological polar surface area (TPSA) is 44.7 Å². The van der Waals surface area contributed by atoms with Gasteiger partial charge < -0.3 is 10.2 Å². The molecular formula is C8H9N3O. The Balaban J connectivity index is 2.23. The number of nitrogens with one attached hydrogen (secondary N) is 1. The van der Waals surface area contributed by atoms with Crippen molar-refractivity contribution in [3.8, 4) is 0 Å². The molecule has 0 saturated heterocycles. The monoisotopic (exact) mass is 163 g/mol. The van der Waals surface area contributed by atoms with Gasteiger partial charge in [0.15, 0.2) is 0 Å². The number of aliphatic imine (C=N–C) groups is 1. The Bertz CT molecular complexity index is 291. The third-order valence-electron chi connectivity index (χ3n) is 1.88. The molecule has 2 aliphatic rings. The molecule has 4 heteroatoms.